The number of hydrogen-bond acceptors (Lipinski definition) is 5. The van der Waals surface area contributed by atoms with Crippen molar-refractivity contribution in [2.45, 2.75) is 356 Å². The average Bonchev–Trinajstić information content (AvgIpc) is 3.34. The number of carbonyl (C=O) groups is 5. The van der Waals surface area contributed by atoms with Crippen molar-refractivity contribution < 1.29 is 49.5 Å². The van der Waals surface area contributed by atoms with E-state index in [4.69, 9.17) is 25.5 Å². The van der Waals surface area contributed by atoms with Gasteiger partial charge in [-0.15, -0.1) is 0 Å². The number of carboxylic acids is 5. The van der Waals surface area contributed by atoms with E-state index in [0.29, 0.717) is 32.1 Å². The van der Waals surface area contributed by atoms with E-state index in [2.05, 4.69) is 46.8 Å². The van der Waals surface area contributed by atoms with Gasteiger partial charge < -0.3 is 25.5 Å². The normalized spacial score (nSPS) is 10.5. The molecule has 0 atom stereocenters. The van der Waals surface area contributed by atoms with E-state index in [1.54, 1.807) is 0 Å². The Hall–Kier alpha value is -2.91. The topological polar surface area (TPSA) is 186 Å². The summed E-state index contributed by atoms with van der Waals surface area (Å²) in [7, 11) is 0. The van der Waals surface area contributed by atoms with Crippen LogP contribution in [0, 0.1) is 0 Å². The molecule has 0 heterocycles. The zero-order valence-corrected chi connectivity index (χ0v) is 48.3. The van der Waals surface area contributed by atoms with E-state index in [1.165, 1.54) is 225 Å². The summed E-state index contributed by atoms with van der Waals surface area (Å²) in [6.45, 7) is 11.1. The van der Waals surface area contributed by atoms with Crippen LogP contribution in [0.15, 0.2) is 12.2 Å². The molecule has 430 valence electrons. The van der Waals surface area contributed by atoms with Crippen molar-refractivity contribution in [3.8, 4) is 0 Å². The molecule has 0 aliphatic rings. The van der Waals surface area contributed by atoms with Gasteiger partial charge >= 0.3 is 29.8 Å². The van der Waals surface area contributed by atoms with Crippen molar-refractivity contribution >= 4 is 29.8 Å². The van der Waals surface area contributed by atoms with Crippen LogP contribution in [0.5, 0.6) is 0 Å². The Morgan fingerprint density at radius 2 is 0.333 bits per heavy atom. The molecule has 0 aliphatic heterocycles. The van der Waals surface area contributed by atoms with Gasteiger partial charge in [0.25, 0.3) is 0 Å². The van der Waals surface area contributed by atoms with Crippen LogP contribution in [0.2, 0.25) is 0 Å². The molecule has 0 saturated heterocycles. The second kappa shape index (κ2) is 74.6. The van der Waals surface area contributed by atoms with Gasteiger partial charge in [0.1, 0.15) is 0 Å². The van der Waals surface area contributed by atoms with Crippen LogP contribution >= 0.6 is 0 Å². The molecule has 0 spiro atoms. The molecule has 0 aromatic rings. The summed E-state index contributed by atoms with van der Waals surface area (Å²) < 4.78 is 0. The highest BCUT2D eigenvalue weighted by Gasteiger charge is 2.00. The Morgan fingerprint density at radius 1 is 0.208 bits per heavy atom. The van der Waals surface area contributed by atoms with E-state index in [-0.39, 0.29) is 0 Å². The van der Waals surface area contributed by atoms with E-state index >= 15 is 0 Å². The third kappa shape index (κ3) is 100. The Morgan fingerprint density at radius 3 is 0.472 bits per heavy atom. The summed E-state index contributed by atoms with van der Waals surface area (Å²) >= 11 is 0. The lowest BCUT2D eigenvalue weighted by atomic mass is 10.1. The predicted molar refractivity (Wildman–Crippen MR) is 307 cm³/mol. The quantitative estimate of drug-likeness (QED) is 0.0290. The van der Waals surface area contributed by atoms with Crippen molar-refractivity contribution in [2.75, 3.05) is 0 Å². The maximum atomic E-state index is 10.3. The molecule has 10 nitrogen and oxygen atoms in total. The zero-order chi connectivity index (χ0) is 54.7. The molecule has 0 aliphatic carbocycles. The molecule has 0 rings (SSSR count). The molecule has 72 heavy (non-hydrogen) atoms. The monoisotopic (exact) mass is 1030 g/mol. The fraction of sp³-hybridized carbons (Fsp3) is 0.887. The molecule has 0 fully saturated rings. The van der Waals surface area contributed by atoms with Crippen LogP contribution in [0.25, 0.3) is 0 Å². The van der Waals surface area contributed by atoms with Crippen molar-refractivity contribution in [2.24, 2.45) is 0 Å². The Bertz CT molecular complexity index is 1110. The first-order valence-electron chi connectivity index (χ1n) is 30.6. The Labute approximate surface area is 445 Å². The van der Waals surface area contributed by atoms with Crippen LogP contribution in [-0.4, -0.2) is 55.4 Å². The molecule has 0 aromatic carbocycles. The van der Waals surface area contributed by atoms with Gasteiger partial charge in [-0.05, 0) is 57.8 Å². The first-order valence-corrected chi connectivity index (χ1v) is 30.6. The van der Waals surface area contributed by atoms with Gasteiger partial charge in [0.05, 0.1) is 0 Å². The molecule has 0 amide bonds. The van der Waals surface area contributed by atoms with Gasteiger partial charge in [-0.1, -0.05) is 278 Å². The van der Waals surface area contributed by atoms with Gasteiger partial charge in [-0.2, -0.15) is 0 Å². The van der Waals surface area contributed by atoms with Gasteiger partial charge in [0.2, 0.25) is 0 Å². The summed E-state index contributed by atoms with van der Waals surface area (Å²) in [4.78, 5) is 51.0. The standard InChI is InChI=1S/C18H34O2.C14H28O2.C12H24O2.C10H20O2.C8H16O2/c1-2-3-4-5-6-7-8-9-10-11-12-13-14-15-16-17-18(19)20;1-2-3-4-5-6-7-8-9-10-11-12-13-14(15)16;1-2-3-4-5-6-7-8-9-10-11-12(13)14;1-2-3-4-5-6-7-8-9-10(11)12;1-2-3-4-5-6-7-8(9)10/h9-10H,2-8,11-17H2,1H3,(H,19,20);2-13H2,1H3,(H,15,16);2-11H2,1H3,(H,13,14);2-9H2,1H3,(H,11,12);2-7H2,1H3,(H,9,10)/b10-9-;;;;. The molecule has 5 N–H and O–H groups in total. The minimum atomic E-state index is -0.670. The lowest BCUT2D eigenvalue weighted by molar-refractivity contribution is -0.138. The molecule has 0 aromatic heterocycles. The Balaban J connectivity index is -0.000000265. The highest BCUT2D eigenvalue weighted by molar-refractivity contribution is 5.67. The highest BCUT2D eigenvalue weighted by Crippen LogP contribution is 2.14. The average molecular weight is 1030 g/mol. The molecular formula is C62H122O10. The van der Waals surface area contributed by atoms with Gasteiger partial charge in [-0.3, -0.25) is 24.0 Å². The second-order valence-electron chi connectivity index (χ2n) is 20.2. The minimum absolute atomic E-state index is 0.332. The predicted octanol–water partition coefficient (Wildman–Crippen LogP) is 20.5. The number of carboxylic acid groups (broad SMARTS) is 5. The SMILES string of the molecule is CCCCCCCC(=O)O.CCCCCCCC/C=C\CCCCCCCC(=O)O.CCCCCCCCCC(=O)O.CCCCCCCCCCCC(=O)O.CCCCCCCCCCCCCC(=O)O. The number of allylic oxidation sites excluding steroid dienone is 2. The van der Waals surface area contributed by atoms with Gasteiger partial charge in [0, 0.05) is 32.1 Å². The Kier molecular flexibility index (Phi) is 80.8. The maximum absolute atomic E-state index is 10.3. The number of unbranched alkanes of at least 4 members (excludes halogenated alkanes) is 39. The van der Waals surface area contributed by atoms with E-state index < -0.39 is 29.8 Å². The van der Waals surface area contributed by atoms with Crippen LogP contribution in [0.4, 0.5) is 0 Å². The highest BCUT2D eigenvalue weighted by atomic mass is 16.4. The summed E-state index contributed by atoms with van der Waals surface area (Å²) in [6.07, 6.45) is 61.6. The van der Waals surface area contributed by atoms with E-state index in [0.717, 1.165) is 64.2 Å². The minimum Gasteiger partial charge on any atom is -0.481 e. The number of hydrogen-bond donors (Lipinski definition) is 5. The van der Waals surface area contributed by atoms with Crippen molar-refractivity contribution in [3.63, 3.8) is 0 Å². The van der Waals surface area contributed by atoms with Gasteiger partial charge in [-0.25, -0.2) is 0 Å². The maximum Gasteiger partial charge on any atom is 0.303 e. The molecule has 0 bridgehead atoms. The fourth-order valence-corrected chi connectivity index (χ4v) is 7.99. The molecule has 0 saturated carbocycles. The zero-order valence-electron chi connectivity index (χ0n) is 48.3. The van der Waals surface area contributed by atoms with Crippen molar-refractivity contribution in [1.29, 1.82) is 0 Å². The van der Waals surface area contributed by atoms with Crippen LogP contribution in [0.3, 0.4) is 0 Å². The largest absolute Gasteiger partial charge is 0.481 e. The number of rotatable bonds is 51. The molecule has 10 heteroatoms. The van der Waals surface area contributed by atoms with Crippen molar-refractivity contribution in [1.82, 2.24) is 0 Å². The lowest BCUT2D eigenvalue weighted by Gasteiger charge is -2.01. The third-order valence-electron chi connectivity index (χ3n) is 12.6. The summed E-state index contributed by atoms with van der Waals surface area (Å²) in [5.74, 6) is -3.31. The summed E-state index contributed by atoms with van der Waals surface area (Å²) in [5.41, 5.74) is 0. The van der Waals surface area contributed by atoms with Gasteiger partial charge in [0.15, 0.2) is 0 Å². The number of aliphatic carboxylic acids is 5. The van der Waals surface area contributed by atoms with E-state index in [9.17, 15) is 24.0 Å². The summed E-state index contributed by atoms with van der Waals surface area (Å²) in [5, 5.41) is 42.0. The summed E-state index contributed by atoms with van der Waals surface area (Å²) in [6, 6.07) is 0. The first kappa shape index (κ1) is 78.0. The van der Waals surface area contributed by atoms with Crippen LogP contribution < -0.4 is 0 Å². The molecule has 0 unspecified atom stereocenters. The molecular weight excluding hydrogens is 905 g/mol. The lowest BCUT2D eigenvalue weighted by Crippen LogP contribution is -1.93. The smallest absolute Gasteiger partial charge is 0.303 e. The fourth-order valence-electron chi connectivity index (χ4n) is 7.99. The second-order valence-corrected chi connectivity index (χ2v) is 20.2. The third-order valence-corrected chi connectivity index (χ3v) is 12.6. The van der Waals surface area contributed by atoms with Crippen LogP contribution in [0.1, 0.15) is 356 Å². The van der Waals surface area contributed by atoms with Crippen molar-refractivity contribution in [3.05, 3.63) is 12.2 Å². The van der Waals surface area contributed by atoms with Crippen LogP contribution in [-0.2, 0) is 24.0 Å². The molecule has 0 radical (unpaired) electrons. The van der Waals surface area contributed by atoms with E-state index in [1.807, 2.05) is 0 Å². The first-order chi connectivity index (χ1) is 34.9.